The smallest absolute Gasteiger partial charge is 0.345 e. The second kappa shape index (κ2) is 7.98. The van der Waals surface area contributed by atoms with Gasteiger partial charge in [-0.05, 0) is 43.3 Å². The van der Waals surface area contributed by atoms with E-state index in [0.29, 0.717) is 34.5 Å². The number of carbonyl (C=O) groups excluding carboxylic acids is 1. The molecule has 8 heteroatoms. The molecule has 0 spiro atoms. The van der Waals surface area contributed by atoms with Crippen molar-refractivity contribution in [2.24, 2.45) is 0 Å². The number of esters is 1. The molecule has 0 amide bonds. The van der Waals surface area contributed by atoms with Gasteiger partial charge in [-0.25, -0.2) is 4.79 Å². The van der Waals surface area contributed by atoms with Crippen LogP contribution in [0.4, 0.5) is 0 Å². The monoisotopic (exact) mass is 422 g/mol. The summed E-state index contributed by atoms with van der Waals surface area (Å²) in [4.78, 5) is 12.8. The van der Waals surface area contributed by atoms with Crippen LogP contribution in [0, 0.1) is 0 Å². The minimum atomic E-state index is -0.571. The molecule has 0 fully saturated rings. The fourth-order valence-electron chi connectivity index (χ4n) is 3.26. The molecule has 2 aliphatic heterocycles. The molecule has 3 aromatic carbocycles. The molecule has 0 bridgehead atoms. The number of benzene rings is 3. The van der Waals surface area contributed by atoms with Crippen molar-refractivity contribution >= 4 is 5.97 Å². The van der Waals surface area contributed by atoms with Crippen LogP contribution in [-0.2, 0) is 4.74 Å². The quantitative estimate of drug-likeness (QED) is 0.519. The summed E-state index contributed by atoms with van der Waals surface area (Å²) in [5, 5.41) is 0. The second-order valence-corrected chi connectivity index (χ2v) is 6.56. The predicted octanol–water partition coefficient (Wildman–Crippen LogP) is 4.91. The Balaban J connectivity index is 1.51. The maximum absolute atomic E-state index is 12.8. The topological polar surface area (TPSA) is 81.7 Å². The van der Waals surface area contributed by atoms with Crippen molar-refractivity contribution in [2.75, 3.05) is 20.2 Å². The third-order valence-electron chi connectivity index (χ3n) is 4.62. The first-order chi connectivity index (χ1) is 15.2. The van der Waals surface area contributed by atoms with Gasteiger partial charge in [-0.15, -0.1) is 0 Å². The summed E-state index contributed by atoms with van der Waals surface area (Å²) in [6.07, 6.45) is 0. The lowest BCUT2D eigenvalue weighted by atomic mass is 10.1. The number of fused-ring (bicyclic) bond motifs is 2. The van der Waals surface area contributed by atoms with Gasteiger partial charge in [0.2, 0.25) is 19.3 Å². The average molecular weight is 422 g/mol. The first kappa shape index (κ1) is 18.9. The van der Waals surface area contributed by atoms with Crippen LogP contribution in [0.25, 0.3) is 0 Å². The molecular formula is C23H18O8. The van der Waals surface area contributed by atoms with Crippen molar-refractivity contribution in [1.82, 2.24) is 0 Å². The molecule has 0 N–H and O–H groups in total. The number of hydrogen-bond donors (Lipinski definition) is 0. The highest BCUT2D eigenvalue weighted by molar-refractivity contribution is 5.96. The van der Waals surface area contributed by atoms with Crippen LogP contribution >= 0.6 is 0 Å². The van der Waals surface area contributed by atoms with Crippen molar-refractivity contribution < 1.29 is 38.0 Å². The SMILES string of the molecule is CCOC(=O)c1c(Oc2ccc3c(c2)OCO3)cccc1Oc1cccc2c1OCO2. The van der Waals surface area contributed by atoms with Crippen molar-refractivity contribution in [3.63, 3.8) is 0 Å². The molecule has 2 heterocycles. The zero-order valence-electron chi connectivity index (χ0n) is 16.6. The molecular weight excluding hydrogens is 404 g/mol. The summed E-state index contributed by atoms with van der Waals surface area (Å²) in [6, 6.07) is 15.5. The molecule has 158 valence electrons. The third kappa shape index (κ3) is 3.63. The number of para-hydroxylation sites is 1. The van der Waals surface area contributed by atoms with E-state index in [4.69, 9.17) is 33.2 Å². The van der Waals surface area contributed by atoms with Crippen molar-refractivity contribution in [1.29, 1.82) is 0 Å². The Kier molecular flexibility index (Phi) is 4.87. The van der Waals surface area contributed by atoms with Crippen LogP contribution in [0.1, 0.15) is 17.3 Å². The van der Waals surface area contributed by atoms with Gasteiger partial charge in [0.25, 0.3) is 0 Å². The lowest BCUT2D eigenvalue weighted by Crippen LogP contribution is -2.08. The number of ether oxygens (including phenoxy) is 7. The lowest BCUT2D eigenvalue weighted by Gasteiger charge is -2.16. The average Bonchev–Trinajstić information content (AvgIpc) is 3.43. The van der Waals surface area contributed by atoms with Gasteiger partial charge < -0.3 is 33.2 Å². The van der Waals surface area contributed by atoms with E-state index >= 15 is 0 Å². The first-order valence-electron chi connectivity index (χ1n) is 9.67. The summed E-state index contributed by atoms with van der Waals surface area (Å²) >= 11 is 0. The standard InChI is InChI=1S/C23H18O8/c1-2-25-23(24)21-16(30-14-9-10-15-20(11-14)28-12-26-15)5-3-6-17(21)31-19-8-4-7-18-22(19)29-13-27-18/h3-11H,2,12-13H2,1H3. The summed E-state index contributed by atoms with van der Waals surface area (Å²) in [5.41, 5.74) is 0.151. The minimum Gasteiger partial charge on any atom is -0.462 e. The molecule has 3 aromatic rings. The van der Waals surface area contributed by atoms with E-state index in [2.05, 4.69) is 0 Å². The molecule has 0 atom stereocenters. The van der Waals surface area contributed by atoms with Crippen LogP contribution in [0.15, 0.2) is 54.6 Å². The van der Waals surface area contributed by atoms with Crippen molar-refractivity contribution in [3.05, 3.63) is 60.2 Å². The molecule has 2 aliphatic rings. The van der Waals surface area contributed by atoms with Gasteiger partial charge in [0, 0.05) is 6.07 Å². The number of hydrogen-bond acceptors (Lipinski definition) is 8. The van der Waals surface area contributed by atoms with Gasteiger partial charge in [-0.1, -0.05) is 12.1 Å². The van der Waals surface area contributed by atoms with Gasteiger partial charge in [0.15, 0.2) is 23.0 Å². The van der Waals surface area contributed by atoms with Crippen LogP contribution in [0.5, 0.6) is 46.0 Å². The number of carbonyl (C=O) groups is 1. The summed E-state index contributed by atoms with van der Waals surface area (Å²) in [6.45, 7) is 2.19. The van der Waals surface area contributed by atoms with Crippen LogP contribution in [0.2, 0.25) is 0 Å². The van der Waals surface area contributed by atoms with Crippen LogP contribution in [-0.4, -0.2) is 26.2 Å². The molecule has 0 saturated heterocycles. The second-order valence-electron chi connectivity index (χ2n) is 6.56. The van der Waals surface area contributed by atoms with Gasteiger partial charge in [0.05, 0.1) is 6.61 Å². The molecule has 0 saturated carbocycles. The van der Waals surface area contributed by atoms with E-state index in [1.54, 1.807) is 61.5 Å². The molecule has 31 heavy (non-hydrogen) atoms. The summed E-state index contributed by atoms with van der Waals surface area (Å²) in [5.74, 6) is 3.11. The highest BCUT2D eigenvalue weighted by Gasteiger charge is 2.25. The highest BCUT2D eigenvalue weighted by atomic mass is 16.7. The van der Waals surface area contributed by atoms with Crippen molar-refractivity contribution in [2.45, 2.75) is 6.92 Å². The van der Waals surface area contributed by atoms with Crippen LogP contribution in [0.3, 0.4) is 0 Å². The van der Waals surface area contributed by atoms with E-state index in [1.165, 1.54) is 0 Å². The lowest BCUT2D eigenvalue weighted by molar-refractivity contribution is 0.0520. The van der Waals surface area contributed by atoms with Gasteiger partial charge in [-0.2, -0.15) is 0 Å². The Bertz CT molecular complexity index is 1140. The summed E-state index contributed by atoms with van der Waals surface area (Å²) < 4.78 is 38.9. The Morgan fingerprint density at radius 3 is 2.39 bits per heavy atom. The molecule has 0 aromatic heterocycles. The highest BCUT2D eigenvalue weighted by Crippen LogP contribution is 2.44. The summed E-state index contributed by atoms with van der Waals surface area (Å²) in [7, 11) is 0. The fourth-order valence-corrected chi connectivity index (χ4v) is 3.26. The molecule has 0 aliphatic carbocycles. The Hall–Kier alpha value is -4.07. The molecule has 8 nitrogen and oxygen atoms in total. The predicted molar refractivity (Wildman–Crippen MR) is 108 cm³/mol. The van der Waals surface area contributed by atoms with E-state index < -0.39 is 5.97 Å². The largest absolute Gasteiger partial charge is 0.462 e. The van der Waals surface area contributed by atoms with Gasteiger partial charge >= 0.3 is 5.97 Å². The van der Waals surface area contributed by atoms with Crippen LogP contribution < -0.4 is 28.4 Å². The fraction of sp³-hybridized carbons (Fsp3) is 0.174. The normalized spacial score (nSPS) is 13.1. The van der Waals surface area contributed by atoms with E-state index in [9.17, 15) is 4.79 Å². The first-order valence-corrected chi connectivity index (χ1v) is 9.67. The van der Waals surface area contributed by atoms with Gasteiger partial charge in [-0.3, -0.25) is 0 Å². The maximum Gasteiger partial charge on any atom is 0.345 e. The molecule has 0 radical (unpaired) electrons. The Labute approximate surface area is 177 Å². The zero-order valence-corrected chi connectivity index (χ0v) is 16.6. The van der Waals surface area contributed by atoms with E-state index in [1.807, 2.05) is 0 Å². The maximum atomic E-state index is 12.8. The Morgan fingerprint density at radius 2 is 1.52 bits per heavy atom. The third-order valence-corrected chi connectivity index (χ3v) is 4.62. The molecule has 5 rings (SSSR count). The van der Waals surface area contributed by atoms with Crippen molar-refractivity contribution in [3.8, 4) is 46.0 Å². The Morgan fingerprint density at radius 1 is 0.806 bits per heavy atom. The molecule has 0 unspecified atom stereocenters. The number of rotatable bonds is 6. The minimum absolute atomic E-state index is 0.105. The van der Waals surface area contributed by atoms with E-state index in [0.717, 1.165) is 0 Å². The van der Waals surface area contributed by atoms with Gasteiger partial charge in [0.1, 0.15) is 22.8 Å². The zero-order chi connectivity index (χ0) is 21.2. The van der Waals surface area contributed by atoms with E-state index in [-0.39, 0.29) is 37.3 Å².